The monoisotopic (exact) mass is 283 g/mol. The van der Waals surface area contributed by atoms with E-state index in [0.29, 0.717) is 12.3 Å². The van der Waals surface area contributed by atoms with Gasteiger partial charge in [-0.25, -0.2) is 0 Å². The first-order valence-corrected chi connectivity index (χ1v) is 7.80. The van der Waals surface area contributed by atoms with Crippen LogP contribution in [0.15, 0.2) is 42.5 Å². The number of hydrogen-bond donors (Lipinski definition) is 2. The topological polar surface area (TPSA) is 32.3 Å². The minimum absolute atomic E-state index is 0.351. The molecule has 0 radical (unpaired) electrons. The third-order valence-corrected chi connectivity index (χ3v) is 3.74. The van der Waals surface area contributed by atoms with Crippen molar-refractivity contribution in [1.29, 1.82) is 0 Å². The summed E-state index contributed by atoms with van der Waals surface area (Å²) in [7, 11) is 0. The molecule has 2 N–H and O–H groups in total. The lowest BCUT2D eigenvalue weighted by molar-refractivity contribution is 0.469. The molecule has 0 saturated heterocycles. The summed E-state index contributed by atoms with van der Waals surface area (Å²) in [5.41, 5.74) is 4.58. The Labute approximate surface area is 127 Å². The lowest BCUT2D eigenvalue weighted by Crippen LogP contribution is -2.00. The highest BCUT2D eigenvalue weighted by molar-refractivity contribution is 5.46. The molecule has 0 spiro atoms. The number of rotatable bonds is 7. The quantitative estimate of drug-likeness (QED) is 0.697. The Balaban J connectivity index is 1.90. The van der Waals surface area contributed by atoms with Crippen molar-refractivity contribution in [2.75, 3.05) is 5.32 Å². The lowest BCUT2D eigenvalue weighted by Gasteiger charge is -2.10. The standard InChI is InChI=1S/C19H25NO/c1-3-4-5-6-16-8-10-18(11-9-16)20-14-17-13-15(2)7-12-19(17)21/h7-13,20-21H,3-6,14H2,1-2H3. The fourth-order valence-electron chi connectivity index (χ4n) is 2.42. The van der Waals surface area contributed by atoms with Gasteiger partial charge in [0, 0.05) is 17.8 Å². The van der Waals surface area contributed by atoms with Crippen molar-refractivity contribution in [3.05, 3.63) is 59.2 Å². The number of hydrogen-bond acceptors (Lipinski definition) is 2. The second-order valence-electron chi connectivity index (χ2n) is 5.64. The van der Waals surface area contributed by atoms with Crippen molar-refractivity contribution in [2.45, 2.75) is 46.1 Å². The zero-order valence-electron chi connectivity index (χ0n) is 13.0. The second-order valence-corrected chi connectivity index (χ2v) is 5.64. The molecule has 21 heavy (non-hydrogen) atoms. The van der Waals surface area contributed by atoms with Crippen LogP contribution in [0, 0.1) is 6.92 Å². The zero-order valence-corrected chi connectivity index (χ0v) is 13.0. The van der Waals surface area contributed by atoms with E-state index in [-0.39, 0.29) is 0 Å². The first-order chi connectivity index (χ1) is 10.2. The predicted octanol–water partition coefficient (Wildman–Crippen LogP) is 5.05. The van der Waals surface area contributed by atoms with E-state index in [1.807, 2.05) is 19.1 Å². The molecule has 0 aromatic heterocycles. The number of aryl methyl sites for hydroxylation is 2. The van der Waals surface area contributed by atoms with Crippen LogP contribution in [0.4, 0.5) is 5.69 Å². The number of aromatic hydroxyl groups is 1. The molecule has 0 aliphatic heterocycles. The SMILES string of the molecule is CCCCCc1ccc(NCc2cc(C)ccc2O)cc1. The highest BCUT2D eigenvalue weighted by Crippen LogP contribution is 2.20. The van der Waals surface area contributed by atoms with Gasteiger partial charge in [-0.05, 0) is 43.5 Å². The van der Waals surface area contributed by atoms with Gasteiger partial charge in [0.05, 0.1) is 0 Å². The lowest BCUT2D eigenvalue weighted by atomic mass is 10.1. The molecular formula is C19H25NO. The fraction of sp³-hybridized carbons (Fsp3) is 0.368. The van der Waals surface area contributed by atoms with Crippen molar-refractivity contribution in [1.82, 2.24) is 0 Å². The molecule has 0 saturated carbocycles. The van der Waals surface area contributed by atoms with Crippen molar-refractivity contribution < 1.29 is 5.11 Å². The Morgan fingerprint density at radius 2 is 1.76 bits per heavy atom. The van der Waals surface area contributed by atoms with E-state index < -0.39 is 0 Å². The van der Waals surface area contributed by atoms with Crippen LogP contribution in [0.2, 0.25) is 0 Å². The summed E-state index contributed by atoms with van der Waals surface area (Å²) in [5, 5.41) is 13.2. The fourth-order valence-corrected chi connectivity index (χ4v) is 2.42. The van der Waals surface area contributed by atoms with Gasteiger partial charge in [0.2, 0.25) is 0 Å². The van der Waals surface area contributed by atoms with E-state index in [9.17, 15) is 5.11 Å². The highest BCUT2D eigenvalue weighted by Gasteiger charge is 2.01. The number of nitrogens with one attached hydrogen (secondary N) is 1. The van der Waals surface area contributed by atoms with E-state index >= 15 is 0 Å². The second kappa shape index (κ2) is 7.72. The van der Waals surface area contributed by atoms with E-state index in [1.54, 1.807) is 6.07 Å². The van der Waals surface area contributed by atoms with Gasteiger partial charge in [-0.2, -0.15) is 0 Å². The Morgan fingerprint density at radius 3 is 2.48 bits per heavy atom. The Bertz CT molecular complexity index is 560. The van der Waals surface area contributed by atoms with Crippen LogP contribution in [-0.2, 0) is 13.0 Å². The third-order valence-electron chi connectivity index (χ3n) is 3.74. The summed E-state index contributed by atoms with van der Waals surface area (Å²) in [6.07, 6.45) is 4.99. The van der Waals surface area contributed by atoms with E-state index in [0.717, 1.165) is 23.2 Å². The summed E-state index contributed by atoms with van der Waals surface area (Å²) in [6.45, 7) is 4.91. The number of unbranched alkanes of at least 4 members (excludes halogenated alkanes) is 2. The molecule has 112 valence electrons. The summed E-state index contributed by atoms with van der Waals surface area (Å²) in [6, 6.07) is 14.3. The zero-order chi connectivity index (χ0) is 15.1. The molecule has 0 amide bonds. The van der Waals surface area contributed by atoms with Crippen LogP contribution in [0.5, 0.6) is 5.75 Å². The molecule has 0 aliphatic carbocycles. The van der Waals surface area contributed by atoms with Crippen LogP contribution in [0.25, 0.3) is 0 Å². The normalized spacial score (nSPS) is 10.6. The molecule has 0 bridgehead atoms. The van der Waals surface area contributed by atoms with E-state index in [4.69, 9.17) is 0 Å². The van der Waals surface area contributed by atoms with Gasteiger partial charge < -0.3 is 10.4 Å². The molecule has 0 unspecified atom stereocenters. The first kappa shape index (κ1) is 15.4. The minimum Gasteiger partial charge on any atom is -0.508 e. The predicted molar refractivity (Wildman–Crippen MR) is 89.8 cm³/mol. The Kier molecular flexibility index (Phi) is 5.68. The van der Waals surface area contributed by atoms with Crippen molar-refractivity contribution in [2.24, 2.45) is 0 Å². The van der Waals surface area contributed by atoms with Crippen molar-refractivity contribution in [3.8, 4) is 5.75 Å². The summed E-state index contributed by atoms with van der Waals surface area (Å²) in [4.78, 5) is 0. The maximum absolute atomic E-state index is 9.84. The maximum Gasteiger partial charge on any atom is 0.120 e. The van der Waals surface area contributed by atoms with Crippen LogP contribution in [0.1, 0.15) is 42.9 Å². The van der Waals surface area contributed by atoms with Gasteiger partial charge in [-0.1, -0.05) is 49.6 Å². The van der Waals surface area contributed by atoms with Gasteiger partial charge in [-0.15, -0.1) is 0 Å². The van der Waals surface area contributed by atoms with E-state index in [2.05, 4.69) is 36.5 Å². The first-order valence-electron chi connectivity index (χ1n) is 7.80. The number of benzene rings is 2. The molecule has 2 nitrogen and oxygen atoms in total. The number of phenolic OH excluding ortho intramolecular Hbond substituents is 1. The van der Waals surface area contributed by atoms with E-state index in [1.165, 1.54) is 24.8 Å². The summed E-state index contributed by atoms with van der Waals surface area (Å²) >= 11 is 0. The molecule has 2 aromatic rings. The highest BCUT2D eigenvalue weighted by atomic mass is 16.3. The van der Waals surface area contributed by atoms with Gasteiger partial charge >= 0.3 is 0 Å². The minimum atomic E-state index is 0.351. The molecule has 0 fully saturated rings. The molecule has 0 aliphatic rings. The van der Waals surface area contributed by atoms with Gasteiger partial charge in [0.25, 0.3) is 0 Å². The molecule has 2 aromatic carbocycles. The largest absolute Gasteiger partial charge is 0.508 e. The van der Waals surface area contributed by atoms with Gasteiger partial charge in [0.15, 0.2) is 0 Å². The molecule has 2 heteroatoms. The summed E-state index contributed by atoms with van der Waals surface area (Å²) in [5.74, 6) is 0.351. The smallest absolute Gasteiger partial charge is 0.120 e. The van der Waals surface area contributed by atoms with Crippen molar-refractivity contribution >= 4 is 5.69 Å². The maximum atomic E-state index is 9.84. The Morgan fingerprint density at radius 1 is 1.00 bits per heavy atom. The molecule has 0 atom stereocenters. The average Bonchev–Trinajstić information content (AvgIpc) is 2.50. The third kappa shape index (κ3) is 4.82. The van der Waals surface area contributed by atoms with Gasteiger partial charge in [-0.3, -0.25) is 0 Å². The van der Waals surface area contributed by atoms with Crippen LogP contribution < -0.4 is 5.32 Å². The van der Waals surface area contributed by atoms with Crippen LogP contribution in [-0.4, -0.2) is 5.11 Å². The summed E-state index contributed by atoms with van der Waals surface area (Å²) < 4.78 is 0. The number of anilines is 1. The van der Waals surface area contributed by atoms with Crippen molar-refractivity contribution in [3.63, 3.8) is 0 Å². The van der Waals surface area contributed by atoms with Crippen LogP contribution in [0.3, 0.4) is 0 Å². The average molecular weight is 283 g/mol. The molecular weight excluding hydrogens is 258 g/mol. The number of phenols is 1. The Hall–Kier alpha value is -1.96. The van der Waals surface area contributed by atoms with Crippen LogP contribution >= 0.6 is 0 Å². The molecule has 2 rings (SSSR count). The molecule has 0 heterocycles. The van der Waals surface area contributed by atoms with Gasteiger partial charge in [0.1, 0.15) is 5.75 Å².